The first-order valence-electron chi connectivity index (χ1n) is 7.36. The van der Waals surface area contributed by atoms with Gasteiger partial charge in [-0.25, -0.2) is 4.98 Å². The van der Waals surface area contributed by atoms with E-state index in [-0.39, 0.29) is 5.91 Å². The van der Waals surface area contributed by atoms with Gasteiger partial charge in [0.2, 0.25) is 5.91 Å². The molecule has 1 heterocycles. The second-order valence-corrected chi connectivity index (χ2v) is 5.38. The maximum atomic E-state index is 11.9. The first-order chi connectivity index (χ1) is 10.3. The van der Waals surface area contributed by atoms with Crippen LogP contribution in [-0.2, 0) is 11.2 Å². The van der Waals surface area contributed by atoms with Crippen molar-refractivity contribution in [3.05, 3.63) is 54.2 Å². The van der Waals surface area contributed by atoms with Crippen molar-refractivity contribution in [1.82, 2.24) is 4.98 Å². The molecule has 0 unspecified atom stereocenters. The number of anilines is 2. The summed E-state index contributed by atoms with van der Waals surface area (Å²) in [6, 6.07) is 14.4. The van der Waals surface area contributed by atoms with Crippen LogP contribution >= 0.6 is 0 Å². The van der Waals surface area contributed by atoms with E-state index in [1.165, 1.54) is 18.4 Å². The third kappa shape index (κ3) is 4.31. The van der Waals surface area contributed by atoms with Crippen molar-refractivity contribution in [1.29, 1.82) is 0 Å². The van der Waals surface area contributed by atoms with Crippen molar-refractivity contribution in [3.63, 3.8) is 0 Å². The summed E-state index contributed by atoms with van der Waals surface area (Å²) in [6.07, 6.45) is 5.45. The fraction of sp³-hybridized carbons (Fsp3) is 0.294. The highest BCUT2D eigenvalue weighted by atomic mass is 16.1. The number of aromatic nitrogens is 1. The normalized spacial score (nSPS) is 13.7. The monoisotopic (exact) mass is 281 g/mol. The summed E-state index contributed by atoms with van der Waals surface area (Å²) in [5.41, 5.74) is 2.18. The van der Waals surface area contributed by atoms with E-state index in [2.05, 4.69) is 15.6 Å². The van der Waals surface area contributed by atoms with Gasteiger partial charge in [-0.2, -0.15) is 0 Å². The Hall–Kier alpha value is -2.36. The molecule has 21 heavy (non-hydrogen) atoms. The Balaban J connectivity index is 1.47. The van der Waals surface area contributed by atoms with E-state index in [4.69, 9.17) is 0 Å². The van der Waals surface area contributed by atoms with E-state index >= 15 is 0 Å². The average molecular weight is 281 g/mol. The number of nitrogens with one attached hydrogen (secondary N) is 2. The molecule has 0 saturated heterocycles. The number of aryl methyl sites for hydroxylation is 1. The van der Waals surface area contributed by atoms with Crippen LogP contribution in [0.5, 0.6) is 0 Å². The molecule has 2 N–H and O–H groups in total. The van der Waals surface area contributed by atoms with Crippen molar-refractivity contribution in [2.45, 2.75) is 31.7 Å². The zero-order valence-corrected chi connectivity index (χ0v) is 11.9. The molecule has 1 fully saturated rings. The van der Waals surface area contributed by atoms with Crippen LogP contribution in [0.3, 0.4) is 0 Å². The number of carbonyl (C=O) groups is 1. The summed E-state index contributed by atoms with van der Waals surface area (Å²) in [5.74, 6) is 0.601. The molecule has 4 heteroatoms. The van der Waals surface area contributed by atoms with Crippen LogP contribution in [-0.4, -0.2) is 16.9 Å². The number of benzene rings is 1. The Morgan fingerprint density at radius 3 is 2.62 bits per heavy atom. The first-order valence-corrected chi connectivity index (χ1v) is 7.36. The largest absolute Gasteiger partial charge is 0.381 e. The molecule has 0 bridgehead atoms. The molecule has 3 rings (SSSR count). The van der Waals surface area contributed by atoms with Gasteiger partial charge in [0.05, 0.1) is 11.9 Å². The third-order valence-electron chi connectivity index (χ3n) is 3.46. The molecule has 0 atom stereocenters. The molecule has 1 aromatic carbocycles. The number of carbonyl (C=O) groups excluding carboxylic acids is 1. The highest BCUT2D eigenvalue weighted by Crippen LogP contribution is 2.24. The zero-order valence-electron chi connectivity index (χ0n) is 11.9. The Bertz CT molecular complexity index is 591. The molecule has 1 aromatic heterocycles. The van der Waals surface area contributed by atoms with Gasteiger partial charge in [0.15, 0.2) is 0 Å². The predicted molar refractivity (Wildman–Crippen MR) is 84.3 cm³/mol. The van der Waals surface area contributed by atoms with Gasteiger partial charge in [0, 0.05) is 12.5 Å². The van der Waals surface area contributed by atoms with Crippen molar-refractivity contribution in [3.8, 4) is 0 Å². The summed E-state index contributed by atoms with van der Waals surface area (Å²) < 4.78 is 0. The SMILES string of the molecule is O=C(CCc1ccccc1)Nc1ccc(NC2CC2)cn1. The lowest BCUT2D eigenvalue weighted by Gasteiger charge is -2.07. The van der Waals surface area contributed by atoms with Crippen LogP contribution in [0.1, 0.15) is 24.8 Å². The van der Waals surface area contributed by atoms with Gasteiger partial charge >= 0.3 is 0 Å². The Morgan fingerprint density at radius 2 is 1.95 bits per heavy atom. The quantitative estimate of drug-likeness (QED) is 0.854. The second kappa shape index (κ2) is 6.39. The van der Waals surface area contributed by atoms with E-state index in [0.717, 1.165) is 12.1 Å². The summed E-state index contributed by atoms with van der Waals surface area (Å²) in [5, 5.41) is 6.20. The van der Waals surface area contributed by atoms with Gasteiger partial charge in [-0.15, -0.1) is 0 Å². The molecule has 2 aromatic rings. The van der Waals surface area contributed by atoms with Crippen molar-refractivity contribution < 1.29 is 4.79 Å². The highest BCUT2D eigenvalue weighted by molar-refractivity contribution is 5.89. The van der Waals surface area contributed by atoms with Crippen LogP contribution in [0.2, 0.25) is 0 Å². The minimum atomic E-state index is -0.00532. The fourth-order valence-corrected chi connectivity index (χ4v) is 2.12. The number of amides is 1. The standard InChI is InChI=1S/C17H19N3O/c21-17(11-6-13-4-2-1-3-5-13)20-16-10-9-15(12-18-16)19-14-7-8-14/h1-5,9-10,12,14,19H,6-8,11H2,(H,18,20,21). The molecule has 1 saturated carbocycles. The van der Waals surface area contributed by atoms with Crippen LogP contribution in [0.15, 0.2) is 48.7 Å². The van der Waals surface area contributed by atoms with Gasteiger partial charge in [-0.3, -0.25) is 4.79 Å². The maximum Gasteiger partial charge on any atom is 0.225 e. The Labute approximate surface area is 124 Å². The van der Waals surface area contributed by atoms with Crippen molar-refractivity contribution >= 4 is 17.4 Å². The number of hydrogen-bond donors (Lipinski definition) is 2. The number of nitrogens with zero attached hydrogens (tertiary/aromatic N) is 1. The van der Waals surface area contributed by atoms with E-state index in [9.17, 15) is 4.79 Å². The number of rotatable bonds is 6. The summed E-state index contributed by atoms with van der Waals surface area (Å²) in [4.78, 5) is 16.2. The predicted octanol–water partition coefficient (Wildman–Crippen LogP) is 3.23. The molecular weight excluding hydrogens is 262 g/mol. The van der Waals surface area contributed by atoms with E-state index in [1.54, 1.807) is 6.20 Å². The van der Waals surface area contributed by atoms with Gasteiger partial charge < -0.3 is 10.6 Å². The van der Waals surface area contributed by atoms with Crippen LogP contribution in [0.25, 0.3) is 0 Å². The van der Waals surface area contributed by atoms with Crippen LogP contribution in [0.4, 0.5) is 11.5 Å². The van der Waals surface area contributed by atoms with E-state index in [0.29, 0.717) is 18.3 Å². The third-order valence-corrected chi connectivity index (χ3v) is 3.46. The lowest BCUT2D eigenvalue weighted by Crippen LogP contribution is -2.13. The zero-order chi connectivity index (χ0) is 14.5. The average Bonchev–Trinajstić information content (AvgIpc) is 3.32. The molecular formula is C17H19N3O. The molecule has 1 aliphatic carbocycles. The highest BCUT2D eigenvalue weighted by Gasteiger charge is 2.20. The lowest BCUT2D eigenvalue weighted by atomic mass is 10.1. The molecule has 0 spiro atoms. The van der Waals surface area contributed by atoms with E-state index < -0.39 is 0 Å². The fourth-order valence-electron chi connectivity index (χ4n) is 2.12. The number of hydrogen-bond acceptors (Lipinski definition) is 3. The molecule has 1 amide bonds. The Morgan fingerprint density at radius 1 is 1.14 bits per heavy atom. The molecule has 0 radical (unpaired) electrons. The second-order valence-electron chi connectivity index (χ2n) is 5.38. The summed E-state index contributed by atoms with van der Waals surface area (Å²) >= 11 is 0. The molecule has 0 aliphatic heterocycles. The minimum Gasteiger partial charge on any atom is -0.381 e. The van der Waals surface area contributed by atoms with E-state index in [1.807, 2.05) is 42.5 Å². The van der Waals surface area contributed by atoms with Gasteiger partial charge in [0.25, 0.3) is 0 Å². The lowest BCUT2D eigenvalue weighted by molar-refractivity contribution is -0.116. The maximum absolute atomic E-state index is 11.9. The van der Waals surface area contributed by atoms with Crippen molar-refractivity contribution in [2.75, 3.05) is 10.6 Å². The van der Waals surface area contributed by atoms with Gasteiger partial charge in [-0.05, 0) is 37.0 Å². The summed E-state index contributed by atoms with van der Waals surface area (Å²) in [7, 11) is 0. The van der Waals surface area contributed by atoms with Crippen molar-refractivity contribution in [2.24, 2.45) is 0 Å². The topological polar surface area (TPSA) is 54.0 Å². The molecule has 1 aliphatic rings. The molecule has 4 nitrogen and oxygen atoms in total. The van der Waals surface area contributed by atoms with Gasteiger partial charge in [-0.1, -0.05) is 30.3 Å². The first kappa shape index (κ1) is 13.6. The molecule has 108 valence electrons. The number of pyridine rings is 1. The minimum absolute atomic E-state index is 0.00532. The van der Waals surface area contributed by atoms with Crippen LogP contribution in [0, 0.1) is 0 Å². The van der Waals surface area contributed by atoms with Crippen LogP contribution < -0.4 is 10.6 Å². The Kier molecular flexibility index (Phi) is 4.15. The smallest absolute Gasteiger partial charge is 0.225 e. The summed E-state index contributed by atoms with van der Waals surface area (Å²) in [6.45, 7) is 0. The van der Waals surface area contributed by atoms with Gasteiger partial charge in [0.1, 0.15) is 5.82 Å².